The molecule has 1 aromatic carbocycles. The molecule has 92 valence electrons. The Bertz CT molecular complexity index is 422. The van der Waals surface area contributed by atoms with Crippen LogP contribution in [0.3, 0.4) is 0 Å². The van der Waals surface area contributed by atoms with Gasteiger partial charge in [0.1, 0.15) is 17.1 Å². The monoisotopic (exact) mass is 237 g/mol. The molecular weight excluding hydrogens is 222 g/mol. The molecule has 0 fully saturated rings. The van der Waals surface area contributed by atoms with E-state index in [4.69, 9.17) is 0 Å². The maximum Gasteiger partial charge on any atom is 0.259 e. The largest absolute Gasteiger partial charge is 0.507 e. The van der Waals surface area contributed by atoms with E-state index in [2.05, 4.69) is 5.32 Å². The number of carbonyl (C=O) groups excluding carboxylic acids is 2. The van der Waals surface area contributed by atoms with Gasteiger partial charge in [-0.25, -0.2) is 0 Å². The lowest BCUT2D eigenvalue weighted by Gasteiger charge is -2.13. The number of nitrogens with one attached hydrogen (secondary N) is 1. The van der Waals surface area contributed by atoms with Crippen LogP contribution in [0.15, 0.2) is 18.2 Å². The van der Waals surface area contributed by atoms with Crippen LogP contribution in [0.5, 0.6) is 11.5 Å². The number of benzene rings is 1. The van der Waals surface area contributed by atoms with Crippen LogP contribution in [0.25, 0.3) is 0 Å². The third-order valence-electron chi connectivity index (χ3n) is 2.43. The maximum atomic E-state index is 11.7. The third-order valence-corrected chi connectivity index (χ3v) is 2.43. The van der Waals surface area contributed by atoms with Gasteiger partial charge in [-0.05, 0) is 19.1 Å². The van der Waals surface area contributed by atoms with Crippen molar-refractivity contribution in [3.63, 3.8) is 0 Å². The highest BCUT2D eigenvalue weighted by Gasteiger charge is 2.20. The van der Waals surface area contributed by atoms with E-state index in [9.17, 15) is 19.8 Å². The first-order chi connectivity index (χ1) is 7.97. The number of phenolic OH excluding ortho intramolecular Hbond substituents is 2. The van der Waals surface area contributed by atoms with Gasteiger partial charge in [0.2, 0.25) is 0 Å². The molecule has 0 aliphatic rings. The molecule has 0 spiro atoms. The van der Waals surface area contributed by atoms with Crippen LogP contribution in [0, 0.1) is 0 Å². The van der Waals surface area contributed by atoms with E-state index in [0.717, 1.165) is 0 Å². The van der Waals surface area contributed by atoms with Crippen molar-refractivity contribution in [3.05, 3.63) is 23.8 Å². The molecule has 0 aliphatic heterocycles. The first-order valence-electron chi connectivity index (χ1n) is 5.31. The number of carbonyl (C=O) groups is 2. The van der Waals surface area contributed by atoms with Gasteiger partial charge >= 0.3 is 0 Å². The third kappa shape index (κ3) is 2.96. The zero-order chi connectivity index (χ0) is 13.0. The van der Waals surface area contributed by atoms with Gasteiger partial charge < -0.3 is 15.5 Å². The number of hydrogen-bond donors (Lipinski definition) is 3. The van der Waals surface area contributed by atoms with Crippen LogP contribution in [-0.2, 0) is 4.79 Å². The molecule has 0 bridgehead atoms. The molecule has 1 rings (SSSR count). The van der Waals surface area contributed by atoms with Crippen LogP contribution in [0.4, 0.5) is 0 Å². The minimum atomic E-state index is -0.671. The van der Waals surface area contributed by atoms with Crippen molar-refractivity contribution in [2.45, 2.75) is 26.3 Å². The van der Waals surface area contributed by atoms with Gasteiger partial charge in [-0.15, -0.1) is 0 Å². The van der Waals surface area contributed by atoms with E-state index in [-0.39, 0.29) is 22.8 Å². The Labute approximate surface area is 99.1 Å². The van der Waals surface area contributed by atoms with Crippen molar-refractivity contribution in [2.24, 2.45) is 0 Å². The predicted molar refractivity (Wildman–Crippen MR) is 62.0 cm³/mol. The van der Waals surface area contributed by atoms with Gasteiger partial charge in [-0.2, -0.15) is 0 Å². The van der Waals surface area contributed by atoms with E-state index in [1.165, 1.54) is 18.2 Å². The van der Waals surface area contributed by atoms with Gasteiger partial charge in [0.25, 0.3) is 5.91 Å². The molecule has 1 unspecified atom stereocenters. The summed E-state index contributed by atoms with van der Waals surface area (Å²) in [5.41, 5.74) is -0.219. The second-order valence-corrected chi connectivity index (χ2v) is 3.69. The molecule has 1 amide bonds. The van der Waals surface area contributed by atoms with E-state index in [1.807, 2.05) is 0 Å². The molecule has 0 aromatic heterocycles. The fourth-order valence-corrected chi connectivity index (χ4v) is 1.42. The summed E-state index contributed by atoms with van der Waals surface area (Å²) < 4.78 is 0. The van der Waals surface area contributed by atoms with Crippen LogP contribution in [0.1, 0.15) is 30.6 Å². The second kappa shape index (κ2) is 5.34. The molecule has 0 saturated heterocycles. The van der Waals surface area contributed by atoms with Crippen LogP contribution >= 0.6 is 0 Å². The average Bonchev–Trinajstić information content (AvgIpc) is 2.27. The number of phenols is 2. The average molecular weight is 237 g/mol. The fourth-order valence-electron chi connectivity index (χ4n) is 1.42. The normalized spacial score (nSPS) is 11.9. The van der Waals surface area contributed by atoms with E-state index >= 15 is 0 Å². The van der Waals surface area contributed by atoms with Crippen LogP contribution < -0.4 is 5.32 Å². The molecule has 5 nitrogen and oxygen atoms in total. The highest BCUT2D eigenvalue weighted by molar-refractivity contribution is 6.01. The second-order valence-electron chi connectivity index (χ2n) is 3.69. The van der Waals surface area contributed by atoms with Crippen LogP contribution in [0.2, 0.25) is 0 Å². The topological polar surface area (TPSA) is 86.6 Å². The van der Waals surface area contributed by atoms with Crippen molar-refractivity contribution in [1.29, 1.82) is 0 Å². The van der Waals surface area contributed by atoms with E-state index < -0.39 is 11.9 Å². The van der Waals surface area contributed by atoms with Gasteiger partial charge in [-0.3, -0.25) is 9.59 Å². The van der Waals surface area contributed by atoms with E-state index in [1.54, 1.807) is 13.8 Å². The Morgan fingerprint density at radius 3 is 2.29 bits per heavy atom. The Morgan fingerprint density at radius 1 is 1.29 bits per heavy atom. The van der Waals surface area contributed by atoms with Crippen molar-refractivity contribution < 1.29 is 19.8 Å². The zero-order valence-electron chi connectivity index (χ0n) is 9.73. The van der Waals surface area contributed by atoms with Gasteiger partial charge in [-0.1, -0.05) is 13.0 Å². The number of amides is 1. The standard InChI is InChI=1S/C12H15NO4/c1-3-8(14)7(2)13-12(17)11-9(15)5-4-6-10(11)16/h4-7,15-16H,3H2,1-2H3,(H,13,17). The smallest absolute Gasteiger partial charge is 0.259 e. The van der Waals surface area contributed by atoms with Crippen molar-refractivity contribution in [2.75, 3.05) is 0 Å². The summed E-state index contributed by atoms with van der Waals surface area (Å²) in [6.07, 6.45) is 0.314. The summed E-state index contributed by atoms with van der Waals surface area (Å²) in [4.78, 5) is 23.0. The molecule has 5 heteroatoms. The van der Waals surface area contributed by atoms with Gasteiger partial charge in [0, 0.05) is 6.42 Å². The SMILES string of the molecule is CCC(=O)C(C)NC(=O)c1c(O)cccc1O. The van der Waals surface area contributed by atoms with Crippen molar-refractivity contribution in [1.82, 2.24) is 5.32 Å². The number of ketones is 1. The van der Waals surface area contributed by atoms with Crippen molar-refractivity contribution in [3.8, 4) is 11.5 Å². The Hall–Kier alpha value is -2.04. The minimum Gasteiger partial charge on any atom is -0.507 e. The molecule has 0 radical (unpaired) electrons. The lowest BCUT2D eigenvalue weighted by atomic mass is 10.1. The molecule has 17 heavy (non-hydrogen) atoms. The first kappa shape index (κ1) is 13.0. The molecule has 1 aromatic rings. The Balaban J connectivity index is 2.87. The number of aromatic hydroxyl groups is 2. The van der Waals surface area contributed by atoms with E-state index in [0.29, 0.717) is 6.42 Å². The fraction of sp³-hybridized carbons (Fsp3) is 0.333. The lowest BCUT2D eigenvalue weighted by molar-refractivity contribution is -0.120. The van der Waals surface area contributed by atoms with Crippen LogP contribution in [-0.4, -0.2) is 27.9 Å². The summed E-state index contributed by atoms with van der Waals surface area (Å²) in [6.45, 7) is 3.25. The highest BCUT2D eigenvalue weighted by atomic mass is 16.3. The molecule has 0 saturated carbocycles. The predicted octanol–water partition coefficient (Wildman–Crippen LogP) is 1.20. The highest BCUT2D eigenvalue weighted by Crippen LogP contribution is 2.25. The summed E-state index contributed by atoms with van der Waals surface area (Å²) in [5, 5.41) is 21.3. The Morgan fingerprint density at radius 2 is 1.82 bits per heavy atom. The number of hydrogen-bond acceptors (Lipinski definition) is 4. The molecule has 0 aliphatic carbocycles. The Kier molecular flexibility index (Phi) is 4.09. The zero-order valence-corrected chi connectivity index (χ0v) is 9.73. The summed E-state index contributed by atoms with van der Waals surface area (Å²) in [5.74, 6) is -1.43. The number of rotatable bonds is 4. The quantitative estimate of drug-likeness (QED) is 0.734. The van der Waals surface area contributed by atoms with Crippen molar-refractivity contribution >= 4 is 11.7 Å². The molecule has 0 heterocycles. The number of Topliss-reactive ketones (excluding diaryl/α,β-unsaturated/α-hetero) is 1. The van der Waals surface area contributed by atoms with Gasteiger partial charge in [0.15, 0.2) is 5.78 Å². The first-order valence-corrected chi connectivity index (χ1v) is 5.31. The minimum absolute atomic E-state index is 0.117. The maximum absolute atomic E-state index is 11.7. The molecule has 3 N–H and O–H groups in total. The molecular formula is C12H15NO4. The molecule has 1 atom stereocenters. The summed E-state index contributed by atoms with van der Waals surface area (Å²) in [6, 6.07) is 3.36. The van der Waals surface area contributed by atoms with Gasteiger partial charge in [0.05, 0.1) is 6.04 Å². The summed E-state index contributed by atoms with van der Waals surface area (Å²) >= 11 is 0. The summed E-state index contributed by atoms with van der Waals surface area (Å²) in [7, 11) is 0. The lowest BCUT2D eigenvalue weighted by Crippen LogP contribution is -2.38.